The first-order chi connectivity index (χ1) is 14.9. The van der Waals surface area contributed by atoms with E-state index in [0.717, 1.165) is 37.0 Å². The highest BCUT2D eigenvalue weighted by Gasteiger charge is 2.25. The van der Waals surface area contributed by atoms with Crippen LogP contribution in [0.2, 0.25) is 0 Å². The van der Waals surface area contributed by atoms with E-state index in [1.165, 1.54) is 18.2 Å². The van der Waals surface area contributed by atoms with Crippen LogP contribution in [-0.2, 0) is 9.84 Å². The van der Waals surface area contributed by atoms with E-state index in [1.807, 2.05) is 31.2 Å². The first kappa shape index (κ1) is 26.2. The van der Waals surface area contributed by atoms with E-state index in [-0.39, 0.29) is 47.2 Å². The molecular weight excluding hydrogens is 546 g/mol. The SMILES string of the molecule is CCNC(=NCCS(=O)(=O)c1ccccc1F)NC1CCN(c2ccccc2OC)C1.I. The van der Waals surface area contributed by atoms with E-state index in [2.05, 4.69) is 20.5 Å². The largest absolute Gasteiger partial charge is 0.495 e. The molecule has 1 saturated heterocycles. The maximum Gasteiger partial charge on any atom is 0.191 e. The zero-order valence-electron chi connectivity index (χ0n) is 18.3. The van der Waals surface area contributed by atoms with E-state index in [4.69, 9.17) is 4.74 Å². The highest BCUT2D eigenvalue weighted by Crippen LogP contribution is 2.30. The molecule has 1 fully saturated rings. The molecule has 1 aliphatic heterocycles. The fraction of sp³-hybridized carbons (Fsp3) is 0.409. The Morgan fingerprint density at radius 2 is 1.94 bits per heavy atom. The van der Waals surface area contributed by atoms with Gasteiger partial charge in [0.05, 0.1) is 25.1 Å². The second kappa shape index (κ2) is 12.2. The minimum Gasteiger partial charge on any atom is -0.495 e. The third kappa shape index (κ3) is 6.71. The van der Waals surface area contributed by atoms with Crippen molar-refractivity contribution in [2.75, 3.05) is 43.9 Å². The zero-order chi connectivity index (χ0) is 22.3. The van der Waals surface area contributed by atoms with Crippen molar-refractivity contribution in [1.29, 1.82) is 0 Å². The molecular formula is C22H30FIN4O3S. The average molecular weight is 576 g/mol. The normalized spacial score (nSPS) is 16.4. The first-order valence-corrected chi connectivity index (χ1v) is 12.0. The molecule has 0 aromatic heterocycles. The van der Waals surface area contributed by atoms with Gasteiger partial charge in [0.25, 0.3) is 0 Å². The van der Waals surface area contributed by atoms with E-state index in [9.17, 15) is 12.8 Å². The van der Waals surface area contributed by atoms with Crippen LogP contribution in [0.5, 0.6) is 5.75 Å². The highest BCUT2D eigenvalue weighted by molar-refractivity contribution is 14.0. The number of para-hydroxylation sites is 2. The van der Waals surface area contributed by atoms with Gasteiger partial charge in [-0.05, 0) is 37.6 Å². The predicted molar refractivity (Wildman–Crippen MR) is 137 cm³/mol. The van der Waals surface area contributed by atoms with Crippen LogP contribution in [0.3, 0.4) is 0 Å². The van der Waals surface area contributed by atoms with Crippen LogP contribution < -0.4 is 20.3 Å². The number of hydrogen-bond donors (Lipinski definition) is 2. The Bertz CT molecular complexity index is 1020. The highest BCUT2D eigenvalue weighted by atomic mass is 127. The summed E-state index contributed by atoms with van der Waals surface area (Å²) in [5.41, 5.74) is 1.05. The van der Waals surface area contributed by atoms with Gasteiger partial charge < -0.3 is 20.3 Å². The Kier molecular flexibility index (Phi) is 10.0. The molecule has 2 aromatic carbocycles. The lowest BCUT2D eigenvalue weighted by molar-refractivity contribution is 0.415. The summed E-state index contributed by atoms with van der Waals surface area (Å²) >= 11 is 0. The van der Waals surface area contributed by atoms with Crippen LogP contribution in [0, 0.1) is 5.82 Å². The fourth-order valence-electron chi connectivity index (χ4n) is 3.59. The Labute approximate surface area is 206 Å². The number of methoxy groups -OCH3 is 1. The van der Waals surface area contributed by atoms with Crippen LogP contribution in [0.1, 0.15) is 13.3 Å². The maximum atomic E-state index is 13.8. The molecule has 0 radical (unpaired) electrons. The minimum atomic E-state index is -3.74. The molecule has 176 valence electrons. The summed E-state index contributed by atoms with van der Waals surface area (Å²) < 4.78 is 44.2. The molecule has 32 heavy (non-hydrogen) atoms. The number of aliphatic imine (C=N–C) groups is 1. The van der Waals surface area contributed by atoms with Gasteiger partial charge in [-0.2, -0.15) is 0 Å². The summed E-state index contributed by atoms with van der Waals surface area (Å²) in [6, 6.07) is 13.5. The van der Waals surface area contributed by atoms with Crippen molar-refractivity contribution in [3.8, 4) is 5.75 Å². The molecule has 0 aliphatic carbocycles. The van der Waals surface area contributed by atoms with Gasteiger partial charge in [-0.25, -0.2) is 12.8 Å². The number of nitrogens with one attached hydrogen (secondary N) is 2. The number of benzene rings is 2. The summed E-state index contributed by atoms with van der Waals surface area (Å²) in [6.07, 6.45) is 0.913. The number of sulfone groups is 1. The van der Waals surface area contributed by atoms with Crippen LogP contribution in [-0.4, -0.2) is 59.5 Å². The Balaban J connectivity index is 0.00000363. The van der Waals surface area contributed by atoms with Crippen molar-refractivity contribution in [3.05, 3.63) is 54.3 Å². The summed E-state index contributed by atoms with van der Waals surface area (Å²) in [5.74, 6) is 0.391. The third-order valence-corrected chi connectivity index (χ3v) is 6.82. The minimum absolute atomic E-state index is 0. The zero-order valence-corrected chi connectivity index (χ0v) is 21.4. The van der Waals surface area contributed by atoms with Crippen LogP contribution in [0.4, 0.5) is 10.1 Å². The molecule has 1 heterocycles. The monoisotopic (exact) mass is 576 g/mol. The molecule has 1 atom stereocenters. The number of halogens is 2. The van der Waals surface area contributed by atoms with Crippen molar-refractivity contribution < 1.29 is 17.5 Å². The van der Waals surface area contributed by atoms with Crippen molar-refractivity contribution in [2.24, 2.45) is 4.99 Å². The molecule has 7 nitrogen and oxygen atoms in total. The van der Waals surface area contributed by atoms with Crippen molar-refractivity contribution in [2.45, 2.75) is 24.3 Å². The average Bonchev–Trinajstić information content (AvgIpc) is 3.22. The van der Waals surface area contributed by atoms with Gasteiger partial charge in [-0.3, -0.25) is 4.99 Å². The van der Waals surface area contributed by atoms with Crippen molar-refractivity contribution >= 4 is 45.5 Å². The molecule has 1 unspecified atom stereocenters. The molecule has 10 heteroatoms. The van der Waals surface area contributed by atoms with Gasteiger partial charge in [0.2, 0.25) is 0 Å². The Hall–Kier alpha value is -2.08. The number of ether oxygens (including phenoxy) is 1. The lowest BCUT2D eigenvalue weighted by Crippen LogP contribution is -2.44. The van der Waals surface area contributed by atoms with Crippen molar-refractivity contribution in [1.82, 2.24) is 10.6 Å². The van der Waals surface area contributed by atoms with Crippen LogP contribution in [0.25, 0.3) is 0 Å². The van der Waals surface area contributed by atoms with Gasteiger partial charge in [-0.15, -0.1) is 24.0 Å². The second-order valence-electron chi connectivity index (χ2n) is 7.26. The Morgan fingerprint density at radius 1 is 1.22 bits per heavy atom. The summed E-state index contributed by atoms with van der Waals surface area (Å²) in [4.78, 5) is 6.37. The molecule has 0 bridgehead atoms. The predicted octanol–water partition coefficient (Wildman–Crippen LogP) is 3.06. The quantitative estimate of drug-likeness (QED) is 0.286. The smallest absolute Gasteiger partial charge is 0.191 e. The van der Waals surface area contributed by atoms with E-state index in [0.29, 0.717) is 12.5 Å². The van der Waals surface area contributed by atoms with E-state index < -0.39 is 15.7 Å². The third-order valence-electron chi connectivity index (χ3n) is 5.10. The standard InChI is InChI=1S/C22H29FN4O3S.HI/c1-3-24-22(25-13-15-31(28,29)21-11-7-4-8-18(21)23)26-17-12-14-27(16-17)19-9-5-6-10-20(19)30-2;/h4-11,17H,3,12-16H2,1-2H3,(H2,24,25,26);1H. The van der Waals surface area contributed by atoms with Gasteiger partial charge in [0.1, 0.15) is 16.5 Å². The lowest BCUT2D eigenvalue weighted by Gasteiger charge is -2.22. The molecule has 2 N–H and O–H groups in total. The Morgan fingerprint density at radius 3 is 2.66 bits per heavy atom. The topological polar surface area (TPSA) is 83.0 Å². The molecule has 0 saturated carbocycles. The van der Waals surface area contributed by atoms with Gasteiger partial charge in [-0.1, -0.05) is 24.3 Å². The number of rotatable bonds is 8. The van der Waals surface area contributed by atoms with Crippen molar-refractivity contribution in [3.63, 3.8) is 0 Å². The van der Waals surface area contributed by atoms with Crippen LogP contribution >= 0.6 is 24.0 Å². The lowest BCUT2D eigenvalue weighted by atomic mass is 10.2. The molecule has 1 aliphatic rings. The van der Waals surface area contributed by atoms with E-state index in [1.54, 1.807) is 7.11 Å². The number of nitrogens with zero attached hydrogens (tertiary/aromatic N) is 2. The summed E-state index contributed by atoms with van der Waals surface area (Å²) in [5, 5.41) is 6.53. The maximum absolute atomic E-state index is 13.8. The first-order valence-electron chi connectivity index (χ1n) is 10.3. The van der Waals surface area contributed by atoms with Crippen LogP contribution in [0.15, 0.2) is 58.4 Å². The molecule has 0 amide bonds. The molecule has 0 spiro atoms. The second-order valence-corrected chi connectivity index (χ2v) is 9.34. The number of guanidine groups is 1. The summed E-state index contributed by atoms with van der Waals surface area (Å²) in [6.45, 7) is 4.28. The van der Waals surface area contributed by atoms with E-state index >= 15 is 0 Å². The summed E-state index contributed by atoms with van der Waals surface area (Å²) in [7, 11) is -2.08. The van der Waals surface area contributed by atoms with Gasteiger partial charge in [0, 0.05) is 25.7 Å². The van der Waals surface area contributed by atoms with Gasteiger partial charge >= 0.3 is 0 Å². The molecule has 3 rings (SSSR count). The number of hydrogen-bond acceptors (Lipinski definition) is 5. The van der Waals surface area contributed by atoms with Gasteiger partial charge in [0.15, 0.2) is 15.8 Å². The number of anilines is 1. The molecule has 2 aromatic rings. The fourth-order valence-corrected chi connectivity index (χ4v) is 4.79.